The summed E-state index contributed by atoms with van der Waals surface area (Å²) in [4.78, 5) is 4.39. The fourth-order valence-corrected chi connectivity index (χ4v) is 3.04. The zero-order chi connectivity index (χ0) is 13.0. The molecule has 96 valence electrons. The molecular weight excluding hydrogens is 308 g/mol. The number of thiophene rings is 1. The van der Waals surface area contributed by atoms with Crippen molar-refractivity contribution in [3.8, 4) is 0 Å². The summed E-state index contributed by atoms with van der Waals surface area (Å²) in [6.45, 7) is 5.20. The molecule has 0 aliphatic heterocycles. The largest absolute Gasteiger partial charge is 0.306 e. The summed E-state index contributed by atoms with van der Waals surface area (Å²) in [5, 5.41) is 5.77. The van der Waals surface area contributed by atoms with Gasteiger partial charge in [-0.05, 0) is 64.5 Å². The van der Waals surface area contributed by atoms with Crippen molar-refractivity contribution in [3.63, 3.8) is 0 Å². The summed E-state index contributed by atoms with van der Waals surface area (Å²) in [7, 11) is 0. The Hall–Kier alpha value is -0.710. The van der Waals surface area contributed by atoms with Gasteiger partial charge in [0.25, 0.3) is 0 Å². The first-order chi connectivity index (χ1) is 8.70. The van der Waals surface area contributed by atoms with Crippen molar-refractivity contribution in [2.45, 2.75) is 26.3 Å². The number of nitrogens with one attached hydrogen (secondary N) is 1. The summed E-state index contributed by atoms with van der Waals surface area (Å²) in [6.07, 6.45) is 3.09. The SMILES string of the molecule is CCCNC(c1ccc(C)nc1)c1csc(Br)c1. The van der Waals surface area contributed by atoms with Crippen LogP contribution in [-0.4, -0.2) is 11.5 Å². The zero-order valence-electron chi connectivity index (χ0n) is 10.6. The number of hydrogen-bond donors (Lipinski definition) is 1. The molecule has 0 saturated heterocycles. The maximum atomic E-state index is 4.39. The molecule has 0 spiro atoms. The van der Waals surface area contributed by atoms with Crippen LogP contribution in [0.15, 0.2) is 33.6 Å². The van der Waals surface area contributed by atoms with E-state index in [1.54, 1.807) is 11.3 Å². The minimum absolute atomic E-state index is 0.237. The molecule has 0 aliphatic rings. The molecule has 0 bridgehead atoms. The van der Waals surface area contributed by atoms with Gasteiger partial charge >= 0.3 is 0 Å². The molecular formula is C14H17BrN2S. The van der Waals surface area contributed by atoms with Crippen molar-refractivity contribution in [3.05, 3.63) is 50.4 Å². The molecule has 0 saturated carbocycles. The Kier molecular flexibility index (Phi) is 4.92. The Balaban J connectivity index is 2.27. The number of nitrogens with zero attached hydrogens (tertiary/aromatic N) is 1. The van der Waals surface area contributed by atoms with Gasteiger partial charge in [0.2, 0.25) is 0 Å². The monoisotopic (exact) mass is 324 g/mol. The normalized spacial score (nSPS) is 12.6. The van der Waals surface area contributed by atoms with E-state index in [1.165, 1.54) is 14.9 Å². The van der Waals surface area contributed by atoms with Crippen LogP contribution >= 0.6 is 27.3 Å². The van der Waals surface area contributed by atoms with Gasteiger partial charge in [-0.2, -0.15) is 0 Å². The smallest absolute Gasteiger partial charge is 0.0701 e. The van der Waals surface area contributed by atoms with E-state index in [1.807, 2.05) is 13.1 Å². The van der Waals surface area contributed by atoms with E-state index >= 15 is 0 Å². The van der Waals surface area contributed by atoms with Crippen LogP contribution in [0.1, 0.15) is 36.2 Å². The maximum absolute atomic E-state index is 4.39. The molecule has 0 amide bonds. The minimum atomic E-state index is 0.237. The van der Waals surface area contributed by atoms with Gasteiger partial charge in [-0.25, -0.2) is 0 Å². The van der Waals surface area contributed by atoms with E-state index < -0.39 is 0 Å². The average Bonchev–Trinajstić information content (AvgIpc) is 2.78. The van der Waals surface area contributed by atoms with Crippen LogP contribution in [0.25, 0.3) is 0 Å². The van der Waals surface area contributed by atoms with Gasteiger partial charge in [-0.3, -0.25) is 4.98 Å². The molecule has 2 aromatic rings. The van der Waals surface area contributed by atoms with Crippen molar-refractivity contribution in [1.82, 2.24) is 10.3 Å². The highest BCUT2D eigenvalue weighted by Gasteiger charge is 2.14. The molecule has 4 heteroatoms. The minimum Gasteiger partial charge on any atom is -0.306 e. The van der Waals surface area contributed by atoms with E-state index in [-0.39, 0.29) is 6.04 Å². The van der Waals surface area contributed by atoms with Gasteiger partial charge in [-0.1, -0.05) is 13.0 Å². The van der Waals surface area contributed by atoms with E-state index in [0.29, 0.717) is 0 Å². The standard InChI is InChI=1S/C14H17BrN2S/c1-3-6-16-14(12-7-13(15)18-9-12)11-5-4-10(2)17-8-11/h4-5,7-9,14,16H,3,6H2,1-2H3. The molecule has 2 aromatic heterocycles. The summed E-state index contributed by atoms with van der Waals surface area (Å²) in [6, 6.07) is 6.64. The fourth-order valence-electron chi connectivity index (χ4n) is 1.84. The van der Waals surface area contributed by atoms with E-state index in [0.717, 1.165) is 18.7 Å². The predicted molar refractivity (Wildman–Crippen MR) is 81.1 cm³/mol. The molecule has 18 heavy (non-hydrogen) atoms. The molecule has 1 N–H and O–H groups in total. The molecule has 1 atom stereocenters. The highest BCUT2D eigenvalue weighted by Crippen LogP contribution is 2.29. The Morgan fingerprint density at radius 1 is 1.39 bits per heavy atom. The summed E-state index contributed by atoms with van der Waals surface area (Å²) in [5.41, 5.74) is 3.57. The van der Waals surface area contributed by atoms with Gasteiger partial charge < -0.3 is 5.32 Å². The van der Waals surface area contributed by atoms with Gasteiger partial charge in [0.05, 0.1) is 9.83 Å². The molecule has 0 aliphatic carbocycles. The summed E-state index contributed by atoms with van der Waals surface area (Å²) in [5.74, 6) is 0. The number of rotatable bonds is 5. The van der Waals surface area contributed by atoms with Gasteiger partial charge in [0, 0.05) is 11.9 Å². The lowest BCUT2D eigenvalue weighted by Crippen LogP contribution is -2.22. The molecule has 1 unspecified atom stereocenters. The number of halogens is 1. The lowest BCUT2D eigenvalue weighted by Gasteiger charge is -2.17. The number of hydrogen-bond acceptors (Lipinski definition) is 3. The second-order valence-electron chi connectivity index (χ2n) is 4.30. The zero-order valence-corrected chi connectivity index (χ0v) is 13.0. The lowest BCUT2D eigenvalue weighted by molar-refractivity contribution is 0.598. The van der Waals surface area contributed by atoms with Crippen LogP contribution in [-0.2, 0) is 0 Å². The predicted octanol–water partition coefficient (Wildman–Crippen LogP) is 4.30. The third kappa shape index (κ3) is 3.40. The highest BCUT2D eigenvalue weighted by atomic mass is 79.9. The van der Waals surface area contributed by atoms with Crippen molar-refractivity contribution < 1.29 is 0 Å². The van der Waals surface area contributed by atoms with E-state index in [2.05, 4.69) is 56.7 Å². The van der Waals surface area contributed by atoms with Gasteiger partial charge in [0.15, 0.2) is 0 Å². The van der Waals surface area contributed by atoms with E-state index in [9.17, 15) is 0 Å². The molecule has 2 heterocycles. The summed E-state index contributed by atoms with van der Waals surface area (Å²) >= 11 is 5.25. The molecule has 0 fully saturated rings. The van der Waals surface area contributed by atoms with Crippen LogP contribution < -0.4 is 5.32 Å². The van der Waals surface area contributed by atoms with Crippen molar-refractivity contribution in [2.24, 2.45) is 0 Å². The average molecular weight is 325 g/mol. The Labute approximate surface area is 121 Å². The van der Waals surface area contributed by atoms with Crippen molar-refractivity contribution in [1.29, 1.82) is 0 Å². The molecule has 0 aromatic carbocycles. The fraction of sp³-hybridized carbons (Fsp3) is 0.357. The molecule has 0 radical (unpaired) electrons. The quantitative estimate of drug-likeness (QED) is 0.886. The molecule has 2 rings (SSSR count). The second kappa shape index (κ2) is 6.45. The van der Waals surface area contributed by atoms with Gasteiger partial charge in [-0.15, -0.1) is 11.3 Å². The first-order valence-electron chi connectivity index (χ1n) is 6.10. The van der Waals surface area contributed by atoms with E-state index in [4.69, 9.17) is 0 Å². The first kappa shape index (κ1) is 13.7. The van der Waals surface area contributed by atoms with Crippen LogP contribution in [0.5, 0.6) is 0 Å². The van der Waals surface area contributed by atoms with Crippen LogP contribution in [0.3, 0.4) is 0 Å². The van der Waals surface area contributed by atoms with Crippen molar-refractivity contribution >= 4 is 27.3 Å². The van der Waals surface area contributed by atoms with Crippen LogP contribution in [0, 0.1) is 6.92 Å². The number of pyridine rings is 1. The van der Waals surface area contributed by atoms with Crippen LogP contribution in [0.2, 0.25) is 0 Å². The topological polar surface area (TPSA) is 24.9 Å². The highest BCUT2D eigenvalue weighted by molar-refractivity contribution is 9.11. The third-order valence-corrected chi connectivity index (χ3v) is 4.31. The Morgan fingerprint density at radius 3 is 2.78 bits per heavy atom. The Bertz CT molecular complexity index is 493. The maximum Gasteiger partial charge on any atom is 0.0701 e. The third-order valence-electron chi connectivity index (χ3n) is 2.79. The van der Waals surface area contributed by atoms with Crippen molar-refractivity contribution in [2.75, 3.05) is 6.54 Å². The Morgan fingerprint density at radius 2 is 2.22 bits per heavy atom. The number of aryl methyl sites for hydroxylation is 1. The lowest BCUT2D eigenvalue weighted by atomic mass is 10.0. The summed E-state index contributed by atoms with van der Waals surface area (Å²) < 4.78 is 1.17. The van der Waals surface area contributed by atoms with Gasteiger partial charge in [0.1, 0.15) is 0 Å². The molecule has 2 nitrogen and oxygen atoms in total. The second-order valence-corrected chi connectivity index (χ2v) is 6.59. The number of aromatic nitrogens is 1. The van der Waals surface area contributed by atoms with Crippen LogP contribution in [0.4, 0.5) is 0 Å². The first-order valence-corrected chi connectivity index (χ1v) is 7.78.